The zero-order valence-electron chi connectivity index (χ0n) is 9.82. The second kappa shape index (κ2) is 5.72. The molecule has 1 rings (SSSR count). The summed E-state index contributed by atoms with van der Waals surface area (Å²) in [7, 11) is 0. The summed E-state index contributed by atoms with van der Waals surface area (Å²) in [6.07, 6.45) is 3.51. The van der Waals surface area contributed by atoms with E-state index >= 15 is 0 Å². The van der Waals surface area contributed by atoms with Gasteiger partial charge in [0.2, 0.25) is 0 Å². The van der Waals surface area contributed by atoms with E-state index in [2.05, 4.69) is 10.6 Å². The lowest BCUT2D eigenvalue weighted by atomic mass is 10.1. The van der Waals surface area contributed by atoms with Crippen LogP contribution in [-0.2, 0) is 4.79 Å². The van der Waals surface area contributed by atoms with Gasteiger partial charge in [0, 0.05) is 6.54 Å². The first kappa shape index (κ1) is 12.8. The zero-order chi connectivity index (χ0) is 12.1. The topological polar surface area (TPSA) is 78.4 Å². The molecule has 1 aliphatic rings. The van der Waals surface area contributed by atoms with E-state index in [4.69, 9.17) is 5.11 Å². The molecule has 1 aliphatic carbocycles. The average Bonchev–Trinajstić information content (AvgIpc) is 2.97. The molecular formula is C11H20N2O3. The summed E-state index contributed by atoms with van der Waals surface area (Å²) in [5.41, 5.74) is 0. The van der Waals surface area contributed by atoms with Gasteiger partial charge in [0.15, 0.2) is 0 Å². The number of hydrogen-bond donors (Lipinski definition) is 3. The molecule has 0 bridgehead atoms. The summed E-state index contributed by atoms with van der Waals surface area (Å²) in [4.78, 5) is 22.2. The Morgan fingerprint density at radius 1 is 1.38 bits per heavy atom. The van der Waals surface area contributed by atoms with E-state index in [0.717, 1.165) is 12.3 Å². The average molecular weight is 228 g/mol. The number of nitrogens with one attached hydrogen (secondary N) is 2. The molecule has 0 radical (unpaired) electrons. The van der Waals surface area contributed by atoms with Crippen molar-refractivity contribution in [3.05, 3.63) is 0 Å². The van der Waals surface area contributed by atoms with Crippen LogP contribution in [-0.4, -0.2) is 29.7 Å². The third-order valence-electron chi connectivity index (χ3n) is 2.75. The number of rotatable bonds is 6. The van der Waals surface area contributed by atoms with Crippen LogP contribution in [0.1, 0.15) is 33.1 Å². The molecule has 0 aromatic heterocycles. The van der Waals surface area contributed by atoms with Crippen LogP contribution in [0.3, 0.4) is 0 Å². The van der Waals surface area contributed by atoms with Crippen LogP contribution in [0.25, 0.3) is 0 Å². The lowest BCUT2D eigenvalue weighted by Gasteiger charge is -2.18. The van der Waals surface area contributed by atoms with Crippen LogP contribution >= 0.6 is 0 Å². The van der Waals surface area contributed by atoms with E-state index < -0.39 is 12.0 Å². The molecule has 0 spiro atoms. The minimum absolute atomic E-state index is 0.119. The van der Waals surface area contributed by atoms with Gasteiger partial charge in [0.25, 0.3) is 0 Å². The predicted molar refractivity (Wildman–Crippen MR) is 60.1 cm³/mol. The summed E-state index contributed by atoms with van der Waals surface area (Å²) in [5.74, 6) is -0.348. The van der Waals surface area contributed by atoms with Gasteiger partial charge in [-0.1, -0.05) is 26.7 Å². The summed E-state index contributed by atoms with van der Waals surface area (Å²) >= 11 is 0. The predicted octanol–water partition coefficient (Wildman–Crippen LogP) is 1.19. The first-order valence-corrected chi connectivity index (χ1v) is 5.78. The molecule has 16 heavy (non-hydrogen) atoms. The SMILES string of the molecule is CC(C)[C@H](NC(=O)NCCC1CC1)C(=O)O. The van der Waals surface area contributed by atoms with Gasteiger partial charge < -0.3 is 15.7 Å². The van der Waals surface area contributed by atoms with Crippen molar-refractivity contribution in [3.8, 4) is 0 Å². The van der Waals surface area contributed by atoms with Crippen LogP contribution in [0.2, 0.25) is 0 Å². The minimum atomic E-state index is -0.993. The van der Waals surface area contributed by atoms with Gasteiger partial charge in [-0.15, -0.1) is 0 Å². The van der Waals surface area contributed by atoms with Gasteiger partial charge in [0.05, 0.1) is 0 Å². The Balaban J connectivity index is 2.21. The van der Waals surface area contributed by atoms with E-state index in [0.29, 0.717) is 6.54 Å². The highest BCUT2D eigenvalue weighted by atomic mass is 16.4. The molecule has 5 heteroatoms. The minimum Gasteiger partial charge on any atom is -0.480 e. The van der Waals surface area contributed by atoms with Gasteiger partial charge >= 0.3 is 12.0 Å². The fourth-order valence-electron chi connectivity index (χ4n) is 1.50. The quantitative estimate of drug-likeness (QED) is 0.639. The molecule has 0 aromatic carbocycles. The maximum atomic E-state index is 11.4. The van der Waals surface area contributed by atoms with E-state index in [1.807, 2.05) is 0 Å². The highest BCUT2D eigenvalue weighted by Gasteiger charge is 2.24. The molecule has 1 atom stereocenters. The summed E-state index contributed by atoms with van der Waals surface area (Å²) < 4.78 is 0. The number of urea groups is 1. The number of carboxylic acid groups (broad SMARTS) is 1. The standard InChI is InChI=1S/C11H20N2O3/c1-7(2)9(10(14)15)13-11(16)12-6-5-8-3-4-8/h7-9H,3-6H2,1-2H3,(H,14,15)(H2,12,13,16)/t9-/m0/s1. The summed E-state index contributed by atoms with van der Waals surface area (Å²) in [6.45, 7) is 4.16. The van der Waals surface area contributed by atoms with E-state index in [1.54, 1.807) is 13.8 Å². The highest BCUT2D eigenvalue weighted by Crippen LogP contribution is 2.31. The molecule has 92 valence electrons. The molecule has 0 aromatic rings. The number of amides is 2. The Morgan fingerprint density at radius 3 is 2.44 bits per heavy atom. The van der Waals surface area contributed by atoms with Gasteiger partial charge in [-0.2, -0.15) is 0 Å². The van der Waals surface area contributed by atoms with E-state index in [1.165, 1.54) is 12.8 Å². The third kappa shape index (κ3) is 4.51. The lowest BCUT2D eigenvalue weighted by Crippen LogP contribution is -2.48. The molecule has 5 nitrogen and oxygen atoms in total. The second-order valence-corrected chi connectivity index (χ2v) is 4.69. The zero-order valence-corrected chi connectivity index (χ0v) is 9.82. The smallest absolute Gasteiger partial charge is 0.326 e. The van der Waals surface area contributed by atoms with Gasteiger partial charge in [-0.05, 0) is 18.3 Å². The Bertz CT molecular complexity index is 262. The van der Waals surface area contributed by atoms with Crippen molar-refractivity contribution in [2.45, 2.75) is 39.2 Å². The number of carbonyl (C=O) groups is 2. The highest BCUT2D eigenvalue weighted by molar-refractivity contribution is 5.82. The van der Waals surface area contributed by atoms with Gasteiger partial charge in [0.1, 0.15) is 6.04 Å². The molecular weight excluding hydrogens is 208 g/mol. The molecule has 0 aliphatic heterocycles. The van der Waals surface area contributed by atoms with Crippen LogP contribution in [0.5, 0.6) is 0 Å². The Hall–Kier alpha value is -1.26. The first-order chi connectivity index (χ1) is 7.50. The van der Waals surface area contributed by atoms with Crippen LogP contribution in [0.15, 0.2) is 0 Å². The monoisotopic (exact) mass is 228 g/mol. The fourth-order valence-corrected chi connectivity index (χ4v) is 1.50. The van der Waals surface area contributed by atoms with Crippen molar-refractivity contribution in [2.75, 3.05) is 6.54 Å². The third-order valence-corrected chi connectivity index (χ3v) is 2.75. The molecule has 1 fully saturated rings. The summed E-state index contributed by atoms with van der Waals surface area (Å²) in [6, 6.07) is -1.21. The van der Waals surface area contributed by atoms with Crippen LogP contribution in [0, 0.1) is 11.8 Å². The van der Waals surface area contributed by atoms with Crippen molar-refractivity contribution in [1.29, 1.82) is 0 Å². The second-order valence-electron chi connectivity index (χ2n) is 4.69. The molecule has 3 N–H and O–H groups in total. The van der Waals surface area contributed by atoms with Gasteiger partial charge in [-0.3, -0.25) is 0 Å². The number of carboxylic acids is 1. The Morgan fingerprint density at radius 2 is 2.00 bits per heavy atom. The first-order valence-electron chi connectivity index (χ1n) is 5.78. The van der Waals surface area contributed by atoms with E-state index in [-0.39, 0.29) is 11.9 Å². The van der Waals surface area contributed by atoms with Crippen molar-refractivity contribution in [1.82, 2.24) is 10.6 Å². The maximum absolute atomic E-state index is 11.4. The van der Waals surface area contributed by atoms with Gasteiger partial charge in [-0.25, -0.2) is 9.59 Å². The molecule has 0 saturated heterocycles. The molecule has 0 unspecified atom stereocenters. The summed E-state index contributed by atoms with van der Waals surface area (Å²) in [5, 5.41) is 14.0. The van der Waals surface area contributed by atoms with Crippen molar-refractivity contribution >= 4 is 12.0 Å². The maximum Gasteiger partial charge on any atom is 0.326 e. The number of carbonyl (C=O) groups excluding carboxylic acids is 1. The largest absolute Gasteiger partial charge is 0.480 e. The Labute approximate surface area is 95.6 Å². The lowest BCUT2D eigenvalue weighted by molar-refractivity contribution is -0.140. The van der Waals surface area contributed by atoms with Crippen molar-refractivity contribution in [3.63, 3.8) is 0 Å². The Kier molecular flexibility index (Phi) is 4.58. The number of hydrogen-bond acceptors (Lipinski definition) is 2. The molecule has 2 amide bonds. The van der Waals surface area contributed by atoms with Crippen molar-refractivity contribution < 1.29 is 14.7 Å². The van der Waals surface area contributed by atoms with Crippen LogP contribution in [0.4, 0.5) is 4.79 Å². The fraction of sp³-hybridized carbons (Fsp3) is 0.818. The van der Waals surface area contributed by atoms with E-state index in [9.17, 15) is 9.59 Å². The normalized spacial score (nSPS) is 16.9. The number of aliphatic carboxylic acids is 1. The molecule has 1 saturated carbocycles. The van der Waals surface area contributed by atoms with Crippen LogP contribution < -0.4 is 10.6 Å². The van der Waals surface area contributed by atoms with Crippen molar-refractivity contribution in [2.24, 2.45) is 11.8 Å². The molecule has 0 heterocycles.